The van der Waals surface area contributed by atoms with E-state index in [0.717, 1.165) is 18.3 Å². The number of ether oxygens (including phenoxy) is 1. The van der Waals surface area contributed by atoms with E-state index in [4.69, 9.17) is 4.74 Å². The fourth-order valence-corrected chi connectivity index (χ4v) is 3.73. The number of amides is 2. The second-order valence-electron chi connectivity index (χ2n) is 6.47. The zero-order valence-corrected chi connectivity index (χ0v) is 14.3. The molecule has 0 spiro atoms. The highest BCUT2D eigenvalue weighted by Crippen LogP contribution is 2.39. The number of fused-ring (bicyclic) bond motifs is 2. The molecule has 7 nitrogen and oxygen atoms in total. The number of halogens is 2. The standard InChI is InChI=1S/C18H15F2N3O4/c1-2-27-18(26)8-5-21-14-12(20)4-3-11(19)13(14)15(8)23-6-9-10(7-23)17(25)22-16(9)24/h3-5,9-10H,2,6-7H2,1H3,(H,22,24,25)/t9-,10+. The SMILES string of the molecule is CCOC(=O)c1cnc2c(F)ccc(F)c2c1N1C[C@@H]2C(=O)NC(=O)[C@@H]2C1. The van der Waals surface area contributed by atoms with Crippen molar-refractivity contribution in [2.24, 2.45) is 11.8 Å². The average molecular weight is 375 g/mol. The first-order valence-corrected chi connectivity index (χ1v) is 8.45. The molecule has 1 aromatic carbocycles. The number of aromatic nitrogens is 1. The van der Waals surface area contributed by atoms with Gasteiger partial charge in [-0.05, 0) is 19.1 Å². The number of nitrogens with one attached hydrogen (secondary N) is 1. The number of carbonyl (C=O) groups excluding carboxylic acids is 3. The maximum atomic E-state index is 14.6. The Balaban J connectivity index is 1.91. The molecule has 3 heterocycles. The van der Waals surface area contributed by atoms with E-state index in [9.17, 15) is 23.2 Å². The Bertz CT molecular complexity index is 972. The zero-order valence-electron chi connectivity index (χ0n) is 14.3. The van der Waals surface area contributed by atoms with Crippen LogP contribution in [0, 0.1) is 23.5 Å². The number of hydrogen-bond acceptors (Lipinski definition) is 6. The number of esters is 1. The maximum Gasteiger partial charge on any atom is 0.341 e. The van der Waals surface area contributed by atoms with E-state index in [2.05, 4.69) is 10.3 Å². The third-order valence-electron chi connectivity index (χ3n) is 4.94. The number of benzene rings is 1. The second-order valence-corrected chi connectivity index (χ2v) is 6.47. The molecule has 0 unspecified atom stereocenters. The molecule has 0 bridgehead atoms. The molecule has 0 radical (unpaired) electrons. The molecule has 2 atom stereocenters. The summed E-state index contributed by atoms with van der Waals surface area (Å²) in [6.45, 7) is 1.91. The van der Waals surface area contributed by atoms with Crippen molar-refractivity contribution < 1.29 is 27.9 Å². The number of nitrogens with zero attached hydrogens (tertiary/aromatic N) is 2. The third kappa shape index (κ3) is 2.61. The minimum absolute atomic E-state index is 0.0401. The van der Waals surface area contributed by atoms with E-state index in [1.807, 2.05) is 0 Å². The van der Waals surface area contributed by atoms with Crippen LogP contribution in [0.15, 0.2) is 18.3 Å². The minimum atomic E-state index is -0.757. The Morgan fingerprint density at radius 3 is 2.48 bits per heavy atom. The van der Waals surface area contributed by atoms with Crippen LogP contribution in [0.25, 0.3) is 10.9 Å². The quantitative estimate of drug-likeness (QED) is 0.645. The van der Waals surface area contributed by atoms with Crippen LogP contribution >= 0.6 is 0 Å². The summed E-state index contributed by atoms with van der Waals surface area (Å²) in [7, 11) is 0. The van der Waals surface area contributed by atoms with Crippen LogP contribution in [0.1, 0.15) is 17.3 Å². The van der Waals surface area contributed by atoms with E-state index < -0.39 is 41.3 Å². The van der Waals surface area contributed by atoms with Gasteiger partial charge in [0, 0.05) is 19.3 Å². The van der Waals surface area contributed by atoms with Gasteiger partial charge in [0.1, 0.15) is 22.7 Å². The number of rotatable bonds is 3. The highest BCUT2D eigenvalue weighted by Gasteiger charge is 2.48. The maximum absolute atomic E-state index is 14.6. The van der Waals surface area contributed by atoms with E-state index in [1.54, 1.807) is 11.8 Å². The topological polar surface area (TPSA) is 88.6 Å². The predicted molar refractivity (Wildman–Crippen MR) is 90.0 cm³/mol. The van der Waals surface area contributed by atoms with Crippen molar-refractivity contribution in [3.05, 3.63) is 35.5 Å². The Morgan fingerprint density at radius 1 is 1.22 bits per heavy atom. The van der Waals surface area contributed by atoms with E-state index >= 15 is 0 Å². The highest BCUT2D eigenvalue weighted by atomic mass is 19.1. The fraction of sp³-hybridized carbons (Fsp3) is 0.333. The molecule has 0 aliphatic carbocycles. The summed E-state index contributed by atoms with van der Waals surface area (Å²) in [5, 5.41) is 2.09. The molecule has 1 N–H and O–H groups in total. The van der Waals surface area contributed by atoms with Gasteiger partial charge < -0.3 is 9.64 Å². The van der Waals surface area contributed by atoms with Gasteiger partial charge in [0.2, 0.25) is 11.8 Å². The number of pyridine rings is 1. The molecule has 9 heteroatoms. The Labute approximate surface area is 152 Å². The smallest absolute Gasteiger partial charge is 0.341 e. The van der Waals surface area contributed by atoms with Gasteiger partial charge in [-0.15, -0.1) is 0 Å². The summed E-state index contributed by atoms with van der Waals surface area (Å²) in [6.07, 6.45) is 1.13. The van der Waals surface area contributed by atoms with Gasteiger partial charge >= 0.3 is 5.97 Å². The van der Waals surface area contributed by atoms with Gasteiger partial charge in [0.05, 0.1) is 29.5 Å². The Hall–Kier alpha value is -3.10. The molecule has 0 saturated carbocycles. The van der Waals surface area contributed by atoms with Crippen LogP contribution in [-0.4, -0.2) is 42.5 Å². The largest absolute Gasteiger partial charge is 0.462 e. The molecule has 140 valence electrons. The van der Waals surface area contributed by atoms with Crippen LogP contribution in [0.3, 0.4) is 0 Å². The van der Waals surface area contributed by atoms with Gasteiger partial charge in [-0.25, -0.2) is 13.6 Å². The summed E-state index contributed by atoms with van der Waals surface area (Å²) < 4.78 is 33.8. The lowest BCUT2D eigenvalue weighted by Crippen LogP contribution is -2.32. The van der Waals surface area contributed by atoms with Crippen molar-refractivity contribution in [1.29, 1.82) is 0 Å². The number of hydrogen-bond donors (Lipinski definition) is 1. The van der Waals surface area contributed by atoms with Gasteiger partial charge in [-0.2, -0.15) is 0 Å². The summed E-state index contributed by atoms with van der Waals surface area (Å²) in [5.41, 5.74) is -0.182. The molecule has 2 aliphatic rings. The van der Waals surface area contributed by atoms with E-state index in [-0.39, 0.29) is 41.9 Å². The summed E-state index contributed by atoms with van der Waals surface area (Å²) >= 11 is 0. The van der Waals surface area contributed by atoms with Gasteiger partial charge in [0.15, 0.2) is 0 Å². The van der Waals surface area contributed by atoms with Crippen molar-refractivity contribution in [3.63, 3.8) is 0 Å². The minimum Gasteiger partial charge on any atom is -0.462 e. The fourth-order valence-electron chi connectivity index (χ4n) is 3.73. The van der Waals surface area contributed by atoms with Gasteiger partial charge in [-0.3, -0.25) is 19.9 Å². The Morgan fingerprint density at radius 2 is 1.85 bits per heavy atom. The second kappa shape index (κ2) is 6.26. The molecular formula is C18H15F2N3O4. The Kier molecular flexibility index (Phi) is 4.01. The predicted octanol–water partition coefficient (Wildman–Crippen LogP) is 1.40. The lowest BCUT2D eigenvalue weighted by molar-refractivity contribution is -0.126. The lowest BCUT2D eigenvalue weighted by Gasteiger charge is -2.24. The molecule has 2 aromatic rings. The molecule has 27 heavy (non-hydrogen) atoms. The van der Waals surface area contributed by atoms with Crippen LogP contribution in [-0.2, 0) is 14.3 Å². The number of anilines is 1. The van der Waals surface area contributed by atoms with Crippen molar-refractivity contribution in [2.75, 3.05) is 24.6 Å². The molecule has 2 fully saturated rings. The summed E-state index contributed by atoms with van der Waals surface area (Å²) in [6, 6.07) is 1.90. The zero-order chi connectivity index (χ0) is 19.3. The van der Waals surface area contributed by atoms with Crippen molar-refractivity contribution in [2.45, 2.75) is 6.92 Å². The first kappa shape index (κ1) is 17.3. The van der Waals surface area contributed by atoms with E-state index in [0.29, 0.717) is 0 Å². The molecule has 2 aliphatic heterocycles. The molecular weight excluding hydrogens is 360 g/mol. The van der Waals surface area contributed by atoms with Crippen LogP contribution < -0.4 is 10.2 Å². The van der Waals surface area contributed by atoms with Gasteiger partial charge in [-0.1, -0.05) is 0 Å². The number of carbonyl (C=O) groups is 3. The molecule has 2 amide bonds. The molecule has 2 saturated heterocycles. The third-order valence-corrected chi connectivity index (χ3v) is 4.94. The molecule has 1 aromatic heterocycles. The number of imide groups is 1. The monoisotopic (exact) mass is 375 g/mol. The lowest BCUT2D eigenvalue weighted by atomic mass is 10.00. The normalized spacial score (nSPS) is 21.5. The van der Waals surface area contributed by atoms with Crippen molar-refractivity contribution in [3.8, 4) is 0 Å². The van der Waals surface area contributed by atoms with Crippen LogP contribution in [0.4, 0.5) is 14.5 Å². The van der Waals surface area contributed by atoms with Gasteiger partial charge in [0.25, 0.3) is 0 Å². The summed E-state index contributed by atoms with van der Waals surface area (Å²) in [5.74, 6) is -4.26. The first-order valence-electron chi connectivity index (χ1n) is 8.45. The van der Waals surface area contributed by atoms with Crippen LogP contribution in [0.2, 0.25) is 0 Å². The van der Waals surface area contributed by atoms with E-state index in [1.165, 1.54) is 0 Å². The van der Waals surface area contributed by atoms with Crippen molar-refractivity contribution >= 4 is 34.4 Å². The van der Waals surface area contributed by atoms with Crippen molar-refractivity contribution in [1.82, 2.24) is 10.3 Å². The first-order chi connectivity index (χ1) is 12.9. The molecule has 4 rings (SSSR count). The average Bonchev–Trinajstić information content (AvgIpc) is 3.19. The highest BCUT2D eigenvalue weighted by molar-refractivity contribution is 6.09. The summed E-state index contributed by atoms with van der Waals surface area (Å²) in [4.78, 5) is 41.7. The van der Waals surface area contributed by atoms with Crippen LogP contribution in [0.5, 0.6) is 0 Å².